The molecule has 114 valence electrons. The van der Waals surface area contributed by atoms with Gasteiger partial charge in [-0.2, -0.15) is 0 Å². The van der Waals surface area contributed by atoms with E-state index >= 15 is 0 Å². The molecular formula is C14H17Cl2N3O2. The van der Waals surface area contributed by atoms with Crippen molar-refractivity contribution in [1.29, 1.82) is 0 Å². The molecule has 2 saturated heterocycles. The molecule has 2 aliphatic rings. The fourth-order valence-corrected chi connectivity index (χ4v) is 3.60. The molecule has 0 aliphatic carbocycles. The Morgan fingerprint density at radius 2 is 2.24 bits per heavy atom. The minimum absolute atomic E-state index is 0.0542. The second-order valence-electron chi connectivity index (χ2n) is 5.38. The van der Waals surface area contributed by atoms with Crippen LogP contribution in [0.1, 0.15) is 13.3 Å². The zero-order valence-electron chi connectivity index (χ0n) is 11.8. The maximum Gasteiger partial charge on any atom is 0.219 e. The normalized spacial score (nSPS) is 25.7. The van der Waals surface area contributed by atoms with Crippen molar-refractivity contribution in [2.45, 2.75) is 25.5 Å². The molecule has 1 amide bonds. The first kappa shape index (κ1) is 14.9. The van der Waals surface area contributed by atoms with Crippen molar-refractivity contribution in [1.82, 2.24) is 9.88 Å². The van der Waals surface area contributed by atoms with Crippen molar-refractivity contribution in [3.63, 3.8) is 0 Å². The number of hydrogen-bond donors (Lipinski definition) is 0. The molecule has 2 fully saturated rings. The van der Waals surface area contributed by atoms with E-state index < -0.39 is 0 Å². The number of carbonyl (C=O) groups is 1. The van der Waals surface area contributed by atoms with Crippen LogP contribution in [0.2, 0.25) is 10.0 Å². The Labute approximate surface area is 133 Å². The van der Waals surface area contributed by atoms with Crippen molar-refractivity contribution < 1.29 is 9.53 Å². The highest BCUT2D eigenvalue weighted by Gasteiger charge is 2.38. The van der Waals surface area contributed by atoms with Gasteiger partial charge in [0.1, 0.15) is 5.82 Å². The van der Waals surface area contributed by atoms with Gasteiger partial charge in [0.25, 0.3) is 0 Å². The lowest BCUT2D eigenvalue weighted by molar-refractivity contribution is -0.145. The highest BCUT2D eigenvalue weighted by atomic mass is 35.5. The molecule has 7 heteroatoms. The summed E-state index contributed by atoms with van der Waals surface area (Å²) < 4.78 is 5.80. The Hall–Kier alpha value is -1.04. The average Bonchev–Trinajstić information content (AvgIpc) is 2.46. The van der Waals surface area contributed by atoms with Crippen molar-refractivity contribution in [2.24, 2.45) is 0 Å². The van der Waals surface area contributed by atoms with Gasteiger partial charge in [0.15, 0.2) is 0 Å². The number of ether oxygens (including phenoxy) is 1. The maximum absolute atomic E-state index is 11.8. The van der Waals surface area contributed by atoms with Crippen LogP contribution in [-0.4, -0.2) is 54.2 Å². The van der Waals surface area contributed by atoms with Gasteiger partial charge in [0.2, 0.25) is 5.91 Å². The summed E-state index contributed by atoms with van der Waals surface area (Å²) in [5.74, 6) is 0.805. The van der Waals surface area contributed by atoms with Gasteiger partial charge in [-0.25, -0.2) is 4.98 Å². The van der Waals surface area contributed by atoms with Crippen LogP contribution in [0.15, 0.2) is 12.3 Å². The Kier molecular flexibility index (Phi) is 4.24. The Bertz CT molecular complexity index is 555. The van der Waals surface area contributed by atoms with Crippen LogP contribution in [0.4, 0.5) is 5.82 Å². The monoisotopic (exact) mass is 329 g/mol. The highest BCUT2D eigenvalue weighted by molar-refractivity contribution is 6.36. The topological polar surface area (TPSA) is 45.7 Å². The van der Waals surface area contributed by atoms with E-state index in [1.165, 1.54) is 0 Å². The molecule has 0 N–H and O–H groups in total. The van der Waals surface area contributed by atoms with Gasteiger partial charge in [-0.15, -0.1) is 0 Å². The molecule has 1 aromatic heterocycles. The molecule has 0 aromatic carbocycles. The molecule has 0 radical (unpaired) electrons. The van der Waals surface area contributed by atoms with Crippen LogP contribution in [0.25, 0.3) is 0 Å². The number of piperidine rings is 1. The third-order valence-corrected chi connectivity index (χ3v) is 4.56. The minimum Gasteiger partial charge on any atom is -0.374 e. The fourth-order valence-electron chi connectivity index (χ4n) is 3.10. The summed E-state index contributed by atoms with van der Waals surface area (Å²) in [5, 5.41) is 1.05. The largest absolute Gasteiger partial charge is 0.374 e. The first-order valence-electron chi connectivity index (χ1n) is 7.01. The first-order chi connectivity index (χ1) is 10.1. The summed E-state index contributed by atoms with van der Waals surface area (Å²) in [6.07, 6.45) is 2.55. The predicted molar refractivity (Wildman–Crippen MR) is 82.0 cm³/mol. The second-order valence-corrected chi connectivity index (χ2v) is 6.23. The number of aromatic nitrogens is 1. The van der Waals surface area contributed by atoms with Crippen molar-refractivity contribution in [3.05, 3.63) is 22.3 Å². The van der Waals surface area contributed by atoms with Gasteiger partial charge in [-0.1, -0.05) is 23.2 Å². The summed E-state index contributed by atoms with van der Waals surface area (Å²) in [6, 6.07) is 1.75. The quantitative estimate of drug-likeness (QED) is 0.792. The van der Waals surface area contributed by atoms with E-state index in [4.69, 9.17) is 27.9 Å². The number of rotatable bonds is 1. The lowest BCUT2D eigenvalue weighted by Crippen LogP contribution is -2.61. The predicted octanol–water partition coefficient (Wildman–Crippen LogP) is 2.21. The number of anilines is 1. The van der Waals surface area contributed by atoms with Crippen LogP contribution in [0, 0.1) is 0 Å². The number of carbonyl (C=O) groups excluding carboxylic acids is 1. The average molecular weight is 330 g/mol. The minimum atomic E-state index is 0.0542. The number of pyridine rings is 1. The zero-order chi connectivity index (χ0) is 15.0. The molecule has 0 saturated carbocycles. The lowest BCUT2D eigenvalue weighted by Gasteiger charge is -2.47. The molecule has 3 heterocycles. The molecule has 5 nitrogen and oxygen atoms in total. The van der Waals surface area contributed by atoms with Gasteiger partial charge in [0, 0.05) is 32.8 Å². The molecule has 1 aromatic rings. The van der Waals surface area contributed by atoms with Crippen molar-refractivity contribution >= 4 is 34.9 Å². The van der Waals surface area contributed by atoms with Gasteiger partial charge >= 0.3 is 0 Å². The Morgan fingerprint density at radius 3 is 2.95 bits per heavy atom. The van der Waals surface area contributed by atoms with E-state index in [-0.39, 0.29) is 18.1 Å². The van der Waals surface area contributed by atoms with Crippen LogP contribution < -0.4 is 4.90 Å². The van der Waals surface area contributed by atoms with Crippen LogP contribution in [0.5, 0.6) is 0 Å². The van der Waals surface area contributed by atoms with E-state index in [1.54, 1.807) is 19.2 Å². The lowest BCUT2D eigenvalue weighted by atomic mass is 9.98. The highest BCUT2D eigenvalue weighted by Crippen LogP contribution is 2.31. The number of hydrogen-bond acceptors (Lipinski definition) is 4. The van der Waals surface area contributed by atoms with Gasteiger partial charge in [0.05, 0.1) is 28.8 Å². The third kappa shape index (κ3) is 2.96. The summed E-state index contributed by atoms with van der Waals surface area (Å²) >= 11 is 12.1. The molecule has 0 bridgehead atoms. The number of morpholine rings is 1. The molecule has 2 unspecified atom stereocenters. The zero-order valence-corrected chi connectivity index (χ0v) is 13.3. The number of nitrogens with zero attached hydrogens (tertiary/aromatic N) is 3. The Morgan fingerprint density at radius 1 is 1.43 bits per heavy atom. The van der Waals surface area contributed by atoms with E-state index in [0.29, 0.717) is 35.6 Å². The second kappa shape index (κ2) is 5.99. The van der Waals surface area contributed by atoms with E-state index in [2.05, 4.69) is 9.88 Å². The summed E-state index contributed by atoms with van der Waals surface area (Å²) in [4.78, 5) is 20.1. The maximum atomic E-state index is 11.8. The fraction of sp³-hybridized carbons (Fsp3) is 0.571. The summed E-state index contributed by atoms with van der Waals surface area (Å²) in [5.41, 5.74) is 0. The molecule has 2 atom stereocenters. The first-order valence-corrected chi connectivity index (χ1v) is 7.76. The van der Waals surface area contributed by atoms with Crippen LogP contribution >= 0.6 is 23.2 Å². The van der Waals surface area contributed by atoms with Crippen LogP contribution in [0.3, 0.4) is 0 Å². The van der Waals surface area contributed by atoms with Crippen molar-refractivity contribution in [2.75, 3.05) is 31.1 Å². The molecule has 3 rings (SSSR count). The molecular weight excluding hydrogens is 313 g/mol. The summed E-state index contributed by atoms with van der Waals surface area (Å²) in [7, 11) is 0. The number of fused-ring (bicyclic) bond motifs is 1. The van der Waals surface area contributed by atoms with E-state index in [0.717, 1.165) is 13.0 Å². The smallest absolute Gasteiger partial charge is 0.219 e. The Balaban J connectivity index is 1.82. The molecule has 2 aliphatic heterocycles. The van der Waals surface area contributed by atoms with Crippen molar-refractivity contribution in [3.8, 4) is 0 Å². The van der Waals surface area contributed by atoms with Gasteiger partial charge in [-0.3, -0.25) is 4.79 Å². The van der Waals surface area contributed by atoms with Gasteiger partial charge < -0.3 is 14.5 Å². The van der Waals surface area contributed by atoms with E-state index in [9.17, 15) is 4.79 Å². The molecule has 0 spiro atoms. The van der Waals surface area contributed by atoms with E-state index in [1.807, 2.05) is 4.90 Å². The number of amides is 1. The standard InChI is InChI=1S/C14H17Cl2N3O2/c1-9(20)19-4-5-21-13-2-3-18(8-12(13)19)14-11(16)6-10(15)7-17-14/h6-7,12-13H,2-5,8H2,1H3. The van der Waals surface area contributed by atoms with Gasteiger partial charge in [-0.05, 0) is 12.5 Å². The third-order valence-electron chi connectivity index (χ3n) is 4.08. The summed E-state index contributed by atoms with van der Waals surface area (Å²) in [6.45, 7) is 4.35. The SMILES string of the molecule is CC(=O)N1CCOC2CCN(c3ncc(Cl)cc3Cl)CC21. The molecule has 21 heavy (non-hydrogen) atoms. The van der Waals surface area contributed by atoms with Crippen LogP contribution in [-0.2, 0) is 9.53 Å². The number of halogens is 2.